The van der Waals surface area contributed by atoms with E-state index in [0.717, 1.165) is 23.5 Å². The molecule has 30 heavy (non-hydrogen) atoms. The standard InChI is InChI=1S/C19H14F3N3O3S2/c20-19(21,22)14-9-7-13(8-10-14)12-23-24-18(26)15-4-1-2-5-16(15)25-30(27,28)17-6-3-11-29-17/h1-12,25H,(H,24,26)/b23-12+. The zero-order valence-electron chi connectivity index (χ0n) is 15.1. The predicted octanol–water partition coefficient (Wildman–Crippen LogP) is 4.33. The van der Waals surface area contributed by atoms with Crippen LogP contribution in [-0.2, 0) is 16.2 Å². The monoisotopic (exact) mass is 453 g/mol. The number of carbonyl (C=O) groups is 1. The van der Waals surface area contributed by atoms with Crippen molar-refractivity contribution in [3.8, 4) is 0 Å². The summed E-state index contributed by atoms with van der Waals surface area (Å²) in [6, 6.07) is 13.2. The number of benzene rings is 2. The topological polar surface area (TPSA) is 87.6 Å². The highest BCUT2D eigenvalue weighted by atomic mass is 32.2. The lowest BCUT2D eigenvalue weighted by atomic mass is 10.1. The number of rotatable bonds is 6. The number of anilines is 1. The Hall–Kier alpha value is -3.18. The minimum absolute atomic E-state index is 0.0298. The van der Waals surface area contributed by atoms with Crippen LogP contribution in [0.3, 0.4) is 0 Å². The van der Waals surface area contributed by atoms with Gasteiger partial charge in [-0.05, 0) is 41.3 Å². The number of nitrogens with one attached hydrogen (secondary N) is 2. The van der Waals surface area contributed by atoms with Crippen molar-refractivity contribution in [1.29, 1.82) is 0 Å². The Labute approximate surface area is 174 Å². The molecule has 1 aromatic heterocycles. The molecule has 6 nitrogen and oxygen atoms in total. The number of carbonyl (C=O) groups excluding carboxylic acids is 1. The molecule has 0 saturated carbocycles. The normalized spacial score (nSPS) is 12.1. The molecule has 0 aliphatic heterocycles. The number of sulfonamides is 1. The van der Waals surface area contributed by atoms with E-state index < -0.39 is 27.7 Å². The van der Waals surface area contributed by atoms with E-state index in [2.05, 4.69) is 15.2 Å². The summed E-state index contributed by atoms with van der Waals surface area (Å²) in [6.45, 7) is 0. The Balaban J connectivity index is 1.71. The van der Waals surface area contributed by atoms with Gasteiger partial charge in [0, 0.05) is 0 Å². The largest absolute Gasteiger partial charge is 0.416 e. The lowest BCUT2D eigenvalue weighted by molar-refractivity contribution is -0.137. The minimum atomic E-state index is -4.44. The van der Waals surface area contributed by atoms with Gasteiger partial charge >= 0.3 is 6.18 Å². The Bertz CT molecular complexity index is 1160. The average Bonchev–Trinajstić information content (AvgIpc) is 3.24. The van der Waals surface area contributed by atoms with Gasteiger partial charge in [0.1, 0.15) is 4.21 Å². The number of nitrogens with zero attached hydrogens (tertiary/aromatic N) is 1. The van der Waals surface area contributed by atoms with Crippen LogP contribution in [-0.4, -0.2) is 20.5 Å². The Morgan fingerprint density at radius 3 is 2.33 bits per heavy atom. The molecule has 1 amide bonds. The van der Waals surface area contributed by atoms with Crippen LogP contribution in [0.25, 0.3) is 0 Å². The second kappa shape index (κ2) is 8.67. The summed E-state index contributed by atoms with van der Waals surface area (Å²) < 4.78 is 65.0. The number of hydrogen-bond donors (Lipinski definition) is 2. The van der Waals surface area contributed by atoms with Crippen molar-refractivity contribution in [2.75, 3.05) is 4.72 Å². The quantitative estimate of drug-likeness (QED) is 0.430. The number of hydrazone groups is 1. The van der Waals surface area contributed by atoms with Gasteiger partial charge < -0.3 is 0 Å². The van der Waals surface area contributed by atoms with Crippen molar-refractivity contribution in [3.63, 3.8) is 0 Å². The summed E-state index contributed by atoms with van der Waals surface area (Å²) in [7, 11) is -3.85. The molecule has 156 valence electrons. The Morgan fingerprint density at radius 2 is 1.70 bits per heavy atom. The van der Waals surface area contributed by atoms with Crippen molar-refractivity contribution in [2.45, 2.75) is 10.4 Å². The number of alkyl halides is 3. The molecule has 0 bridgehead atoms. The van der Waals surface area contributed by atoms with Gasteiger partial charge in [-0.25, -0.2) is 13.8 Å². The molecule has 3 aromatic rings. The average molecular weight is 453 g/mol. The lowest BCUT2D eigenvalue weighted by Gasteiger charge is -2.10. The first-order chi connectivity index (χ1) is 14.2. The summed E-state index contributed by atoms with van der Waals surface area (Å²) in [5.41, 5.74) is 1.87. The smallest absolute Gasteiger partial charge is 0.278 e. The molecule has 1 heterocycles. The van der Waals surface area contributed by atoms with Crippen LogP contribution in [0, 0.1) is 0 Å². The SMILES string of the molecule is O=C(N/N=C/c1ccc(C(F)(F)F)cc1)c1ccccc1NS(=O)(=O)c1cccs1. The van der Waals surface area contributed by atoms with Crippen molar-refractivity contribution >= 4 is 39.2 Å². The fourth-order valence-corrected chi connectivity index (χ4v) is 4.44. The number of para-hydroxylation sites is 1. The van der Waals surface area contributed by atoms with Crippen molar-refractivity contribution < 1.29 is 26.4 Å². The Kier molecular flexibility index (Phi) is 6.22. The molecule has 2 aromatic carbocycles. The molecule has 0 atom stereocenters. The van der Waals surface area contributed by atoms with Crippen molar-refractivity contribution in [1.82, 2.24) is 5.43 Å². The van der Waals surface area contributed by atoms with Gasteiger partial charge in [-0.1, -0.05) is 30.3 Å². The molecule has 0 aliphatic rings. The molecule has 2 N–H and O–H groups in total. The van der Waals surface area contributed by atoms with Gasteiger partial charge in [0.2, 0.25) is 0 Å². The van der Waals surface area contributed by atoms with Crippen LogP contribution in [0.5, 0.6) is 0 Å². The third-order valence-corrected chi connectivity index (χ3v) is 6.56. The first kappa shape index (κ1) is 21.5. The van der Waals surface area contributed by atoms with E-state index in [1.807, 2.05) is 0 Å². The highest BCUT2D eigenvalue weighted by molar-refractivity contribution is 7.94. The van der Waals surface area contributed by atoms with E-state index in [-0.39, 0.29) is 15.5 Å². The van der Waals surface area contributed by atoms with Crippen molar-refractivity contribution in [2.24, 2.45) is 5.10 Å². The van der Waals surface area contributed by atoms with Crippen LogP contribution >= 0.6 is 11.3 Å². The summed E-state index contributed by atoms with van der Waals surface area (Å²) in [5.74, 6) is -0.692. The van der Waals surface area contributed by atoms with Gasteiger partial charge in [-0.2, -0.15) is 18.3 Å². The number of hydrogen-bond acceptors (Lipinski definition) is 5. The molecule has 0 fully saturated rings. The number of halogens is 3. The van der Waals surface area contributed by atoms with E-state index in [4.69, 9.17) is 0 Å². The third kappa shape index (κ3) is 5.24. The zero-order chi connectivity index (χ0) is 21.8. The highest BCUT2D eigenvalue weighted by Crippen LogP contribution is 2.29. The molecule has 0 spiro atoms. The number of thiophene rings is 1. The summed E-state index contributed by atoms with van der Waals surface area (Å²) in [4.78, 5) is 12.4. The fraction of sp³-hybridized carbons (Fsp3) is 0.0526. The first-order valence-corrected chi connectivity index (χ1v) is 10.7. The minimum Gasteiger partial charge on any atom is -0.278 e. The van der Waals surface area contributed by atoms with E-state index in [9.17, 15) is 26.4 Å². The van der Waals surface area contributed by atoms with Gasteiger partial charge in [-0.15, -0.1) is 11.3 Å². The summed E-state index contributed by atoms with van der Waals surface area (Å²) >= 11 is 1.03. The second-order valence-corrected chi connectivity index (χ2v) is 8.76. The van der Waals surface area contributed by atoms with Crippen LogP contribution in [0.1, 0.15) is 21.5 Å². The van der Waals surface area contributed by atoms with E-state index in [1.54, 1.807) is 23.6 Å². The van der Waals surface area contributed by atoms with Gasteiger partial charge in [0.15, 0.2) is 0 Å². The molecule has 0 radical (unpaired) electrons. The van der Waals surface area contributed by atoms with E-state index >= 15 is 0 Å². The molecule has 0 saturated heterocycles. The van der Waals surface area contributed by atoms with Crippen LogP contribution < -0.4 is 10.1 Å². The highest BCUT2D eigenvalue weighted by Gasteiger charge is 2.29. The second-order valence-electron chi connectivity index (χ2n) is 5.90. The molecular weight excluding hydrogens is 439 g/mol. The van der Waals surface area contributed by atoms with Gasteiger partial charge in [-0.3, -0.25) is 9.52 Å². The molecule has 0 aliphatic carbocycles. The molecule has 3 rings (SSSR count). The maximum Gasteiger partial charge on any atom is 0.416 e. The molecular formula is C19H14F3N3O3S2. The lowest BCUT2D eigenvalue weighted by Crippen LogP contribution is -2.21. The fourth-order valence-electron chi connectivity index (χ4n) is 2.37. The van der Waals surface area contributed by atoms with Gasteiger partial charge in [0.25, 0.3) is 15.9 Å². The van der Waals surface area contributed by atoms with Crippen LogP contribution in [0.2, 0.25) is 0 Å². The van der Waals surface area contributed by atoms with Crippen LogP contribution in [0.15, 0.2) is 75.4 Å². The zero-order valence-corrected chi connectivity index (χ0v) is 16.7. The summed E-state index contributed by atoms with van der Waals surface area (Å²) in [6.07, 6.45) is -3.26. The van der Waals surface area contributed by atoms with Gasteiger partial charge in [0.05, 0.1) is 23.0 Å². The van der Waals surface area contributed by atoms with E-state index in [1.165, 1.54) is 36.5 Å². The molecule has 11 heteroatoms. The third-order valence-electron chi connectivity index (χ3n) is 3.79. The van der Waals surface area contributed by atoms with Crippen molar-refractivity contribution in [3.05, 3.63) is 82.7 Å². The first-order valence-electron chi connectivity index (χ1n) is 8.33. The predicted molar refractivity (Wildman–Crippen MR) is 108 cm³/mol. The summed E-state index contributed by atoms with van der Waals surface area (Å²) in [5, 5.41) is 5.33. The molecule has 0 unspecified atom stereocenters. The van der Waals surface area contributed by atoms with Crippen LogP contribution in [0.4, 0.5) is 18.9 Å². The maximum absolute atomic E-state index is 12.6. The maximum atomic E-state index is 12.6. The Morgan fingerprint density at radius 1 is 1.00 bits per heavy atom. The number of amides is 1. The van der Waals surface area contributed by atoms with E-state index in [0.29, 0.717) is 5.56 Å².